The van der Waals surface area contributed by atoms with E-state index in [1.165, 1.54) is 5.56 Å². The zero-order chi connectivity index (χ0) is 38.7. The molecule has 2 saturated heterocycles. The first-order valence-corrected chi connectivity index (χ1v) is 20.9. The Hall–Kier alpha value is -4.91. The summed E-state index contributed by atoms with van der Waals surface area (Å²) in [7, 11) is -3.75. The lowest BCUT2D eigenvalue weighted by atomic mass is 9.85. The van der Waals surface area contributed by atoms with Crippen molar-refractivity contribution in [3.63, 3.8) is 0 Å². The monoisotopic (exact) mass is 761 g/mol. The number of piperidine rings is 2. The first-order valence-electron chi connectivity index (χ1n) is 19.2. The number of amides is 2. The Bertz CT molecular complexity index is 2090. The van der Waals surface area contributed by atoms with Crippen molar-refractivity contribution >= 4 is 33.2 Å². The molecule has 7 rings (SSSR count). The van der Waals surface area contributed by atoms with Gasteiger partial charge in [0.15, 0.2) is 0 Å². The van der Waals surface area contributed by atoms with Gasteiger partial charge in [-0.15, -0.1) is 0 Å². The predicted octanol–water partition coefficient (Wildman–Crippen LogP) is 5.81. The molecule has 1 aromatic heterocycles. The molecular formula is C43H51N7O4S. The van der Waals surface area contributed by atoms with E-state index in [1.807, 2.05) is 32.0 Å². The zero-order valence-corrected chi connectivity index (χ0v) is 32.9. The number of anilines is 1. The van der Waals surface area contributed by atoms with Crippen LogP contribution in [0.25, 0.3) is 5.70 Å². The minimum absolute atomic E-state index is 0.115. The molecule has 2 amide bonds. The van der Waals surface area contributed by atoms with Gasteiger partial charge in [0, 0.05) is 74.3 Å². The lowest BCUT2D eigenvalue weighted by molar-refractivity contribution is 0.0298. The third kappa shape index (κ3) is 8.36. The van der Waals surface area contributed by atoms with Gasteiger partial charge in [0.25, 0.3) is 11.8 Å². The van der Waals surface area contributed by atoms with E-state index in [1.54, 1.807) is 30.6 Å². The van der Waals surface area contributed by atoms with E-state index >= 15 is 0 Å². The molecule has 12 heteroatoms. The van der Waals surface area contributed by atoms with Gasteiger partial charge in [0.1, 0.15) is 6.33 Å². The fourth-order valence-electron chi connectivity index (χ4n) is 8.40. The van der Waals surface area contributed by atoms with Crippen molar-refractivity contribution in [1.82, 2.24) is 29.4 Å². The summed E-state index contributed by atoms with van der Waals surface area (Å²) in [6.45, 7) is 15.6. The number of likely N-dealkylation sites (tertiary alicyclic amines) is 2. The van der Waals surface area contributed by atoms with E-state index in [9.17, 15) is 18.0 Å². The van der Waals surface area contributed by atoms with Gasteiger partial charge in [0.05, 0.1) is 28.3 Å². The van der Waals surface area contributed by atoms with Crippen molar-refractivity contribution in [2.24, 2.45) is 0 Å². The number of carbonyl (C=O) groups excluding carboxylic acids is 2. The molecular weight excluding hydrogens is 711 g/mol. The van der Waals surface area contributed by atoms with Crippen LogP contribution in [0.15, 0.2) is 91.8 Å². The van der Waals surface area contributed by atoms with Crippen molar-refractivity contribution in [2.75, 3.05) is 43.4 Å². The number of imide groups is 1. The zero-order valence-electron chi connectivity index (χ0n) is 32.1. The predicted molar refractivity (Wildman–Crippen MR) is 216 cm³/mol. The Morgan fingerprint density at radius 2 is 1.42 bits per heavy atom. The van der Waals surface area contributed by atoms with Gasteiger partial charge < -0.3 is 9.80 Å². The molecule has 288 valence electrons. The second kappa shape index (κ2) is 16.1. The number of sulfonamides is 1. The third-order valence-electron chi connectivity index (χ3n) is 11.8. The minimum Gasteiger partial charge on any atom is -0.371 e. The quantitative estimate of drug-likeness (QED) is 0.169. The number of hydrogen-bond donors (Lipinski definition) is 1. The highest BCUT2D eigenvalue weighted by Gasteiger charge is 2.39. The maximum absolute atomic E-state index is 12.9. The molecule has 0 spiro atoms. The molecule has 3 aliphatic rings. The molecule has 2 fully saturated rings. The van der Waals surface area contributed by atoms with Crippen LogP contribution in [-0.4, -0.2) is 95.0 Å². The van der Waals surface area contributed by atoms with Crippen LogP contribution in [0.2, 0.25) is 0 Å². The van der Waals surface area contributed by atoms with Gasteiger partial charge in [0.2, 0.25) is 10.0 Å². The average Bonchev–Trinajstić information content (AvgIpc) is 3.44. The van der Waals surface area contributed by atoms with Gasteiger partial charge in [-0.3, -0.25) is 19.4 Å². The summed E-state index contributed by atoms with van der Waals surface area (Å²) in [6.07, 6.45) is 5.87. The lowest BCUT2D eigenvalue weighted by Gasteiger charge is -2.51. The third-order valence-corrected chi connectivity index (χ3v) is 13.1. The lowest BCUT2D eigenvalue weighted by Crippen LogP contribution is -2.57. The molecule has 0 aliphatic carbocycles. The second-order valence-electron chi connectivity index (χ2n) is 15.3. The Kier molecular flexibility index (Phi) is 11.2. The van der Waals surface area contributed by atoms with Crippen LogP contribution in [0.3, 0.4) is 0 Å². The van der Waals surface area contributed by atoms with Gasteiger partial charge >= 0.3 is 0 Å². The Morgan fingerprint density at radius 3 is 2.02 bits per heavy atom. The highest BCUT2D eigenvalue weighted by molar-refractivity contribution is 7.89. The van der Waals surface area contributed by atoms with Gasteiger partial charge in [-0.05, 0) is 81.8 Å². The van der Waals surface area contributed by atoms with E-state index in [0.29, 0.717) is 17.2 Å². The number of carbonyl (C=O) groups is 2. The molecule has 4 heterocycles. The van der Waals surface area contributed by atoms with Gasteiger partial charge in [-0.2, -0.15) is 0 Å². The summed E-state index contributed by atoms with van der Waals surface area (Å²) >= 11 is 0. The average molecular weight is 762 g/mol. The topological polar surface area (TPSA) is 119 Å². The van der Waals surface area contributed by atoms with Gasteiger partial charge in [-0.25, -0.2) is 23.1 Å². The summed E-state index contributed by atoms with van der Waals surface area (Å²) in [5.74, 6) is -1.28. The number of aromatic nitrogens is 2. The number of aryl methyl sites for hydroxylation is 2. The number of hydrogen-bond acceptors (Lipinski definition) is 9. The number of nitrogens with one attached hydrogen (secondary N) is 1. The largest absolute Gasteiger partial charge is 0.371 e. The highest BCUT2D eigenvalue weighted by atomic mass is 32.2. The molecule has 0 radical (unpaired) electrons. The van der Waals surface area contributed by atoms with Crippen LogP contribution in [0.4, 0.5) is 5.69 Å². The van der Waals surface area contributed by atoms with Crippen LogP contribution in [0.1, 0.15) is 81.4 Å². The molecule has 0 unspecified atom stereocenters. The summed E-state index contributed by atoms with van der Waals surface area (Å²) < 4.78 is 28.5. The van der Waals surface area contributed by atoms with Crippen molar-refractivity contribution in [2.45, 2.75) is 71.1 Å². The van der Waals surface area contributed by atoms with Crippen molar-refractivity contribution in [3.05, 3.63) is 131 Å². The standard InChI is InChI=1S/C43H51N7O4S/c1-31-40(32(2)45-30-44-31)33(3)47-24-20-43(4,21-25-47)48-22-18-37(19-23-48)50(29-35-10-6-5-7-11-35)36-16-14-34(15-17-36)28-46-55(53,54)27-26-49-41(51)38-12-8-9-13-39(38)42(49)52/h5-17,30,37,46H,3,18-29H2,1-2,4H3. The Labute approximate surface area is 325 Å². The molecule has 0 saturated carbocycles. The Balaban J connectivity index is 0.951. The van der Waals surface area contributed by atoms with E-state index in [2.05, 4.69) is 79.3 Å². The molecule has 3 aromatic carbocycles. The van der Waals surface area contributed by atoms with Crippen molar-refractivity contribution in [3.8, 4) is 0 Å². The maximum Gasteiger partial charge on any atom is 0.261 e. The molecule has 55 heavy (non-hydrogen) atoms. The molecule has 1 N–H and O–H groups in total. The molecule has 3 aliphatic heterocycles. The molecule has 11 nitrogen and oxygen atoms in total. The van der Waals surface area contributed by atoms with E-state index < -0.39 is 21.8 Å². The smallest absolute Gasteiger partial charge is 0.261 e. The van der Waals surface area contributed by atoms with Crippen molar-refractivity contribution in [1.29, 1.82) is 0 Å². The maximum atomic E-state index is 12.9. The number of rotatable bonds is 13. The number of fused-ring (bicyclic) bond motifs is 1. The Morgan fingerprint density at radius 1 is 0.836 bits per heavy atom. The van der Waals surface area contributed by atoms with E-state index in [4.69, 9.17) is 0 Å². The van der Waals surface area contributed by atoms with E-state index in [0.717, 1.165) is 97.2 Å². The van der Waals surface area contributed by atoms with E-state index in [-0.39, 0.29) is 24.4 Å². The van der Waals surface area contributed by atoms with Crippen molar-refractivity contribution < 1.29 is 18.0 Å². The summed E-state index contributed by atoms with van der Waals surface area (Å²) in [5, 5.41) is 0. The fourth-order valence-corrected chi connectivity index (χ4v) is 9.35. The second-order valence-corrected chi connectivity index (χ2v) is 17.2. The van der Waals surface area contributed by atoms with Crippen LogP contribution >= 0.6 is 0 Å². The van der Waals surface area contributed by atoms with Crippen LogP contribution in [0, 0.1) is 13.8 Å². The van der Waals surface area contributed by atoms with Crippen LogP contribution in [0.5, 0.6) is 0 Å². The summed E-state index contributed by atoms with van der Waals surface area (Å²) in [6, 6.07) is 25.6. The first kappa shape index (κ1) is 38.4. The number of nitrogens with zero attached hydrogens (tertiary/aromatic N) is 6. The SMILES string of the molecule is C=C(c1c(C)ncnc1C)N1CCC(C)(N2CCC(N(Cc3ccccc3)c3ccc(CNS(=O)(=O)CCN4C(=O)c5ccccc5C4=O)cc3)CC2)CC1. The number of benzene rings is 3. The summed E-state index contributed by atoms with van der Waals surface area (Å²) in [4.78, 5) is 42.8. The fraction of sp³-hybridized carbons (Fsp3) is 0.395. The van der Waals surface area contributed by atoms with Crippen LogP contribution < -0.4 is 9.62 Å². The molecule has 0 bridgehead atoms. The highest BCUT2D eigenvalue weighted by Crippen LogP contribution is 2.36. The molecule has 4 aromatic rings. The van der Waals surface area contributed by atoms with Crippen LogP contribution in [-0.2, 0) is 23.1 Å². The summed E-state index contributed by atoms with van der Waals surface area (Å²) in [5.41, 5.74) is 7.96. The van der Waals surface area contributed by atoms with Gasteiger partial charge in [-0.1, -0.05) is 61.2 Å². The minimum atomic E-state index is -3.75. The normalized spacial score (nSPS) is 17.7. The molecule has 0 atom stereocenters. The first-order chi connectivity index (χ1) is 26.4.